The molecular weight excluding hydrogens is 302 g/mol. The summed E-state index contributed by atoms with van der Waals surface area (Å²) >= 11 is 0. The molecule has 0 saturated heterocycles. The molecule has 0 atom stereocenters. The van der Waals surface area contributed by atoms with Crippen molar-refractivity contribution >= 4 is 11.9 Å². The average molecular weight is 325 g/mol. The summed E-state index contributed by atoms with van der Waals surface area (Å²) in [6.45, 7) is 4.74. The Balaban J connectivity index is 1.92. The number of hydrogen-bond donors (Lipinski definition) is 2. The first-order valence-corrected chi connectivity index (χ1v) is 7.99. The van der Waals surface area contributed by atoms with Crippen LogP contribution in [-0.2, 0) is 17.6 Å². The molecule has 0 saturated carbocycles. The summed E-state index contributed by atoms with van der Waals surface area (Å²) in [6, 6.07) is 16.8. The summed E-state index contributed by atoms with van der Waals surface area (Å²) < 4.78 is 0. The molecule has 4 nitrogen and oxygen atoms in total. The molecule has 1 amide bonds. The smallest absolute Gasteiger partial charge is 0.335 e. The van der Waals surface area contributed by atoms with Crippen LogP contribution in [0.15, 0.2) is 54.6 Å². The van der Waals surface area contributed by atoms with Gasteiger partial charge in [0.15, 0.2) is 0 Å². The van der Waals surface area contributed by atoms with Crippen LogP contribution >= 0.6 is 0 Å². The third kappa shape index (κ3) is 5.23. The minimum atomic E-state index is -1.01. The fraction of sp³-hybridized carbons (Fsp3) is 0.300. The molecule has 2 N–H and O–H groups in total. The predicted octanol–water partition coefficient (Wildman–Crippen LogP) is 3.31. The quantitative estimate of drug-likeness (QED) is 0.821. The number of benzene rings is 2. The van der Waals surface area contributed by atoms with Crippen LogP contribution in [0.3, 0.4) is 0 Å². The molecule has 0 radical (unpaired) electrons. The highest BCUT2D eigenvalue weighted by Crippen LogP contribution is 2.20. The van der Waals surface area contributed by atoms with Gasteiger partial charge in [0.05, 0.1) is 12.0 Å². The molecule has 0 aliphatic rings. The van der Waals surface area contributed by atoms with Gasteiger partial charge in [-0.25, -0.2) is 4.79 Å². The summed E-state index contributed by atoms with van der Waals surface area (Å²) in [7, 11) is 0. The maximum Gasteiger partial charge on any atom is 0.335 e. The van der Waals surface area contributed by atoms with Gasteiger partial charge in [-0.15, -0.1) is 0 Å². The van der Waals surface area contributed by atoms with Gasteiger partial charge in [-0.1, -0.05) is 62.4 Å². The Hall–Kier alpha value is -2.62. The van der Waals surface area contributed by atoms with Crippen LogP contribution in [0.2, 0.25) is 0 Å². The van der Waals surface area contributed by atoms with Crippen LogP contribution < -0.4 is 5.32 Å². The Morgan fingerprint density at radius 3 is 2.29 bits per heavy atom. The van der Waals surface area contributed by atoms with Crippen molar-refractivity contribution in [3.63, 3.8) is 0 Å². The Morgan fingerprint density at radius 1 is 1.00 bits per heavy atom. The molecule has 24 heavy (non-hydrogen) atoms. The van der Waals surface area contributed by atoms with Crippen molar-refractivity contribution in [1.29, 1.82) is 0 Å². The summed E-state index contributed by atoms with van der Waals surface area (Å²) in [5.41, 5.74) is 1.86. The van der Waals surface area contributed by atoms with Crippen molar-refractivity contribution in [3.05, 3.63) is 71.3 Å². The lowest BCUT2D eigenvalue weighted by atomic mass is 9.85. The third-order valence-corrected chi connectivity index (χ3v) is 3.89. The SMILES string of the molecule is CC(C)(CNC(=O)Cc1ccccc1C(=O)O)Cc1ccccc1. The van der Waals surface area contributed by atoms with E-state index in [1.165, 1.54) is 11.6 Å². The van der Waals surface area contributed by atoms with Crippen molar-refractivity contribution in [2.45, 2.75) is 26.7 Å². The highest BCUT2D eigenvalue weighted by Gasteiger charge is 2.20. The summed E-state index contributed by atoms with van der Waals surface area (Å²) in [4.78, 5) is 23.4. The summed E-state index contributed by atoms with van der Waals surface area (Å²) in [5, 5.41) is 12.1. The Bertz CT molecular complexity index is 708. The van der Waals surface area contributed by atoms with Gasteiger partial charge in [0, 0.05) is 6.54 Å². The lowest BCUT2D eigenvalue weighted by Gasteiger charge is -2.25. The summed E-state index contributed by atoms with van der Waals surface area (Å²) in [6.07, 6.45) is 0.934. The summed E-state index contributed by atoms with van der Waals surface area (Å²) in [5.74, 6) is -1.17. The van der Waals surface area contributed by atoms with E-state index in [0.29, 0.717) is 12.1 Å². The van der Waals surface area contributed by atoms with Gasteiger partial charge in [0.1, 0.15) is 0 Å². The third-order valence-electron chi connectivity index (χ3n) is 3.89. The molecule has 0 heterocycles. The molecule has 0 aliphatic carbocycles. The highest BCUT2D eigenvalue weighted by molar-refractivity contribution is 5.91. The largest absolute Gasteiger partial charge is 0.478 e. The molecule has 2 aromatic rings. The zero-order valence-corrected chi connectivity index (χ0v) is 14.1. The van der Waals surface area contributed by atoms with Gasteiger partial charge in [-0.05, 0) is 29.0 Å². The van der Waals surface area contributed by atoms with Gasteiger partial charge in [-0.3, -0.25) is 4.79 Å². The number of rotatable bonds is 7. The van der Waals surface area contributed by atoms with E-state index in [1.807, 2.05) is 18.2 Å². The van der Waals surface area contributed by atoms with E-state index < -0.39 is 5.97 Å². The fourth-order valence-electron chi connectivity index (χ4n) is 2.67. The molecule has 4 heteroatoms. The number of nitrogens with one attached hydrogen (secondary N) is 1. The second-order valence-corrected chi connectivity index (χ2v) is 6.74. The van der Waals surface area contributed by atoms with Crippen LogP contribution in [0.25, 0.3) is 0 Å². The van der Waals surface area contributed by atoms with Crippen LogP contribution in [0, 0.1) is 5.41 Å². The topological polar surface area (TPSA) is 66.4 Å². The number of hydrogen-bond acceptors (Lipinski definition) is 2. The molecule has 2 aromatic carbocycles. The molecule has 2 rings (SSSR count). The predicted molar refractivity (Wildman–Crippen MR) is 94.0 cm³/mol. The minimum Gasteiger partial charge on any atom is -0.478 e. The fourth-order valence-corrected chi connectivity index (χ4v) is 2.67. The van der Waals surface area contributed by atoms with E-state index in [2.05, 4.69) is 31.3 Å². The molecule has 0 bridgehead atoms. The van der Waals surface area contributed by atoms with Crippen molar-refractivity contribution in [1.82, 2.24) is 5.32 Å². The molecular formula is C20H23NO3. The molecule has 126 valence electrons. The standard InChI is InChI=1S/C20H23NO3/c1-20(2,13-15-8-4-3-5-9-15)14-21-18(22)12-16-10-6-7-11-17(16)19(23)24/h3-11H,12-14H2,1-2H3,(H,21,22)(H,23,24). The normalized spacial score (nSPS) is 11.1. The van der Waals surface area contributed by atoms with Crippen molar-refractivity contribution in [3.8, 4) is 0 Å². The van der Waals surface area contributed by atoms with Crippen LogP contribution in [0.1, 0.15) is 35.3 Å². The number of carbonyl (C=O) groups is 2. The number of carbonyl (C=O) groups excluding carboxylic acids is 1. The lowest BCUT2D eigenvalue weighted by Crippen LogP contribution is -2.36. The number of carboxylic acids is 1. The van der Waals surface area contributed by atoms with Crippen molar-refractivity contribution < 1.29 is 14.7 Å². The monoisotopic (exact) mass is 325 g/mol. The van der Waals surface area contributed by atoms with E-state index >= 15 is 0 Å². The number of aromatic carboxylic acids is 1. The second-order valence-electron chi connectivity index (χ2n) is 6.74. The maximum absolute atomic E-state index is 12.2. The first kappa shape index (κ1) is 17.7. The van der Waals surface area contributed by atoms with Crippen LogP contribution in [0.5, 0.6) is 0 Å². The molecule has 0 fully saturated rings. The lowest BCUT2D eigenvalue weighted by molar-refractivity contribution is -0.120. The van der Waals surface area contributed by atoms with E-state index in [0.717, 1.165) is 6.42 Å². The Kier molecular flexibility index (Phi) is 5.74. The van der Waals surface area contributed by atoms with Crippen LogP contribution in [0.4, 0.5) is 0 Å². The molecule has 0 aliphatic heterocycles. The van der Waals surface area contributed by atoms with Crippen molar-refractivity contribution in [2.24, 2.45) is 5.41 Å². The Morgan fingerprint density at radius 2 is 1.62 bits per heavy atom. The van der Waals surface area contributed by atoms with E-state index in [-0.39, 0.29) is 23.3 Å². The number of carboxylic acid groups (broad SMARTS) is 1. The second kappa shape index (κ2) is 7.77. The molecule has 0 unspecified atom stereocenters. The number of amides is 1. The highest BCUT2D eigenvalue weighted by atomic mass is 16.4. The Labute approximate surface area is 142 Å². The van der Waals surface area contributed by atoms with Gasteiger partial charge in [-0.2, -0.15) is 0 Å². The minimum absolute atomic E-state index is 0.0733. The maximum atomic E-state index is 12.2. The molecule has 0 spiro atoms. The first-order chi connectivity index (χ1) is 11.4. The average Bonchev–Trinajstić information content (AvgIpc) is 2.54. The van der Waals surface area contributed by atoms with Gasteiger partial charge >= 0.3 is 5.97 Å². The van der Waals surface area contributed by atoms with Gasteiger partial charge in [0.2, 0.25) is 5.91 Å². The zero-order chi connectivity index (χ0) is 17.6. The van der Waals surface area contributed by atoms with Crippen molar-refractivity contribution in [2.75, 3.05) is 6.54 Å². The first-order valence-electron chi connectivity index (χ1n) is 7.99. The van der Waals surface area contributed by atoms with Crippen LogP contribution in [-0.4, -0.2) is 23.5 Å². The van der Waals surface area contributed by atoms with E-state index in [4.69, 9.17) is 0 Å². The zero-order valence-electron chi connectivity index (χ0n) is 14.1. The van der Waals surface area contributed by atoms with E-state index in [1.54, 1.807) is 18.2 Å². The van der Waals surface area contributed by atoms with E-state index in [9.17, 15) is 14.7 Å². The molecule has 0 aromatic heterocycles. The van der Waals surface area contributed by atoms with Gasteiger partial charge < -0.3 is 10.4 Å². The van der Waals surface area contributed by atoms with Gasteiger partial charge in [0.25, 0.3) is 0 Å².